The second kappa shape index (κ2) is 5.24. The van der Waals surface area contributed by atoms with E-state index in [1.165, 1.54) is 12.1 Å². The number of nitrogens with two attached hydrogens (primary N) is 1. The van der Waals surface area contributed by atoms with Crippen molar-refractivity contribution in [1.29, 1.82) is 0 Å². The summed E-state index contributed by atoms with van der Waals surface area (Å²) in [5, 5.41) is 0. The van der Waals surface area contributed by atoms with Crippen molar-refractivity contribution >= 4 is 15.9 Å². The van der Waals surface area contributed by atoms with E-state index < -0.39 is 33.2 Å². The zero-order valence-corrected chi connectivity index (χ0v) is 10.1. The van der Waals surface area contributed by atoms with Gasteiger partial charge in [0.2, 0.25) is 15.9 Å². The lowest BCUT2D eigenvalue weighted by Gasteiger charge is -2.18. The van der Waals surface area contributed by atoms with Crippen molar-refractivity contribution in [2.75, 3.05) is 13.1 Å². The minimum Gasteiger partial charge on any atom is -0.369 e. The SMILES string of the molecule is CCN(CC(N)=O)S(=O)(=O)c1ccccc1F. The first-order valence-corrected chi connectivity index (χ1v) is 6.36. The van der Waals surface area contributed by atoms with Gasteiger partial charge in [-0.3, -0.25) is 4.79 Å². The molecule has 0 unspecified atom stereocenters. The van der Waals surface area contributed by atoms with Crippen molar-refractivity contribution in [2.45, 2.75) is 11.8 Å². The predicted molar refractivity (Wildman–Crippen MR) is 60.0 cm³/mol. The van der Waals surface area contributed by atoms with Crippen LogP contribution in [0.25, 0.3) is 0 Å². The molecule has 0 spiro atoms. The molecule has 94 valence electrons. The molecule has 0 aliphatic heterocycles. The summed E-state index contributed by atoms with van der Waals surface area (Å²) in [5.41, 5.74) is 4.94. The van der Waals surface area contributed by atoms with E-state index in [-0.39, 0.29) is 6.54 Å². The summed E-state index contributed by atoms with van der Waals surface area (Å²) in [6.07, 6.45) is 0. The summed E-state index contributed by atoms with van der Waals surface area (Å²) < 4.78 is 38.2. The van der Waals surface area contributed by atoms with E-state index in [0.717, 1.165) is 16.4 Å². The van der Waals surface area contributed by atoms with Gasteiger partial charge in [0.15, 0.2) is 0 Å². The Morgan fingerprint density at radius 1 is 1.41 bits per heavy atom. The molecule has 1 aromatic carbocycles. The average Bonchev–Trinajstić information content (AvgIpc) is 2.25. The van der Waals surface area contributed by atoms with E-state index in [4.69, 9.17) is 5.73 Å². The van der Waals surface area contributed by atoms with E-state index >= 15 is 0 Å². The molecular weight excluding hydrogens is 247 g/mol. The van der Waals surface area contributed by atoms with Crippen LogP contribution >= 0.6 is 0 Å². The van der Waals surface area contributed by atoms with Gasteiger partial charge >= 0.3 is 0 Å². The largest absolute Gasteiger partial charge is 0.369 e. The van der Waals surface area contributed by atoms with E-state index in [1.807, 2.05) is 0 Å². The van der Waals surface area contributed by atoms with E-state index in [1.54, 1.807) is 6.92 Å². The highest BCUT2D eigenvalue weighted by atomic mass is 32.2. The monoisotopic (exact) mass is 260 g/mol. The zero-order valence-electron chi connectivity index (χ0n) is 9.26. The molecule has 1 amide bonds. The first-order chi connectivity index (χ1) is 7.89. The van der Waals surface area contributed by atoms with Gasteiger partial charge in [0.05, 0.1) is 6.54 Å². The van der Waals surface area contributed by atoms with Gasteiger partial charge in [-0.1, -0.05) is 19.1 Å². The zero-order chi connectivity index (χ0) is 13.1. The van der Waals surface area contributed by atoms with Crippen molar-refractivity contribution in [2.24, 2.45) is 5.73 Å². The Balaban J connectivity index is 3.18. The highest BCUT2D eigenvalue weighted by molar-refractivity contribution is 7.89. The number of likely N-dealkylation sites (N-methyl/N-ethyl adjacent to an activating group) is 1. The minimum atomic E-state index is -4.02. The number of amides is 1. The van der Waals surface area contributed by atoms with Crippen molar-refractivity contribution in [3.05, 3.63) is 30.1 Å². The van der Waals surface area contributed by atoms with Crippen LogP contribution in [0.1, 0.15) is 6.92 Å². The standard InChI is InChI=1S/C10H13FN2O3S/c1-2-13(7-10(12)14)17(15,16)9-6-4-3-5-8(9)11/h3-6H,2,7H2,1H3,(H2,12,14). The van der Waals surface area contributed by atoms with Crippen LogP contribution in [0.5, 0.6) is 0 Å². The first kappa shape index (κ1) is 13.6. The fourth-order valence-electron chi connectivity index (χ4n) is 1.33. The van der Waals surface area contributed by atoms with Gasteiger partial charge in [-0.15, -0.1) is 0 Å². The molecule has 2 N–H and O–H groups in total. The molecule has 0 radical (unpaired) electrons. The number of benzene rings is 1. The van der Waals surface area contributed by atoms with E-state index in [0.29, 0.717) is 0 Å². The summed E-state index contributed by atoms with van der Waals surface area (Å²) in [4.78, 5) is 10.3. The average molecular weight is 260 g/mol. The van der Waals surface area contributed by atoms with Crippen LogP contribution in [-0.4, -0.2) is 31.7 Å². The number of carbonyl (C=O) groups excluding carboxylic acids is 1. The van der Waals surface area contributed by atoms with Crippen molar-refractivity contribution in [3.8, 4) is 0 Å². The summed E-state index contributed by atoms with van der Waals surface area (Å²) in [5.74, 6) is -1.64. The number of nitrogens with zero attached hydrogens (tertiary/aromatic N) is 1. The smallest absolute Gasteiger partial charge is 0.246 e. The van der Waals surface area contributed by atoms with Crippen LogP contribution in [0.3, 0.4) is 0 Å². The third-order valence-corrected chi connectivity index (χ3v) is 4.09. The summed E-state index contributed by atoms with van der Waals surface area (Å²) in [6, 6.07) is 4.99. The van der Waals surface area contributed by atoms with Crippen LogP contribution in [0.15, 0.2) is 29.2 Å². The lowest BCUT2D eigenvalue weighted by Crippen LogP contribution is -2.38. The molecule has 0 saturated carbocycles. The molecular formula is C10H13FN2O3S. The van der Waals surface area contributed by atoms with Gasteiger partial charge in [0.25, 0.3) is 0 Å². The summed E-state index contributed by atoms with van der Waals surface area (Å²) >= 11 is 0. The highest BCUT2D eigenvalue weighted by Gasteiger charge is 2.26. The fraction of sp³-hybridized carbons (Fsp3) is 0.300. The van der Waals surface area contributed by atoms with Crippen LogP contribution in [0, 0.1) is 5.82 Å². The predicted octanol–water partition coefficient (Wildman–Crippen LogP) is 0.322. The molecule has 0 aliphatic carbocycles. The van der Waals surface area contributed by atoms with Crippen molar-refractivity contribution in [3.63, 3.8) is 0 Å². The third kappa shape index (κ3) is 3.01. The van der Waals surface area contributed by atoms with Gasteiger partial charge in [-0.2, -0.15) is 4.31 Å². The first-order valence-electron chi connectivity index (χ1n) is 4.92. The molecule has 0 atom stereocenters. The van der Waals surface area contributed by atoms with Crippen molar-refractivity contribution < 1.29 is 17.6 Å². The second-order valence-corrected chi connectivity index (χ2v) is 5.23. The Hall–Kier alpha value is -1.47. The van der Waals surface area contributed by atoms with Gasteiger partial charge in [0, 0.05) is 6.54 Å². The molecule has 0 heterocycles. The van der Waals surface area contributed by atoms with Crippen LogP contribution in [-0.2, 0) is 14.8 Å². The maximum absolute atomic E-state index is 13.4. The number of sulfonamides is 1. The Labute approximate surface area is 99.1 Å². The maximum Gasteiger partial charge on any atom is 0.246 e. The molecule has 0 bridgehead atoms. The van der Waals surface area contributed by atoms with Gasteiger partial charge in [-0.25, -0.2) is 12.8 Å². The molecule has 0 saturated heterocycles. The Morgan fingerprint density at radius 3 is 2.47 bits per heavy atom. The third-order valence-electron chi connectivity index (χ3n) is 2.14. The highest BCUT2D eigenvalue weighted by Crippen LogP contribution is 2.18. The quantitative estimate of drug-likeness (QED) is 0.828. The summed E-state index contributed by atoms with van der Waals surface area (Å²) in [7, 11) is -4.02. The molecule has 0 aliphatic rings. The van der Waals surface area contributed by atoms with Crippen LogP contribution < -0.4 is 5.73 Å². The van der Waals surface area contributed by atoms with E-state index in [2.05, 4.69) is 0 Å². The lowest BCUT2D eigenvalue weighted by atomic mass is 10.4. The number of primary amides is 1. The Kier molecular flexibility index (Phi) is 4.19. The number of carbonyl (C=O) groups is 1. The Morgan fingerprint density at radius 2 is 2.00 bits per heavy atom. The van der Waals surface area contributed by atoms with Crippen molar-refractivity contribution in [1.82, 2.24) is 4.31 Å². The molecule has 17 heavy (non-hydrogen) atoms. The number of hydrogen-bond donors (Lipinski definition) is 1. The van der Waals surface area contributed by atoms with E-state index in [9.17, 15) is 17.6 Å². The number of rotatable bonds is 5. The number of hydrogen-bond acceptors (Lipinski definition) is 3. The second-order valence-electron chi connectivity index (χ2n) is 3.33. The van der Waals surface area contributed by atoms with Gasteiger partial charge in [-0.05, 0) is 12.1 Å². The van der Waals surface area contributed by atoms with Crippen LogP contribution in [0.2, 0.25) is 0 Å². The lowest BCUT2D eigenvalue weighted by molar-refractivity contribution is -0.118. The maximum atomic E-state index is 13.4. The van der Waals surface area contributed by atoms with Gasteiger partial charge in [0.1, 0.15) is 10.7 Å². The van der Waals surface area contributed by atoms with Crippen LogP contribution in [0.4, 0.5) is 4.39 Å². The summed E-state index contributed by atoms with van der Waals surface area (Å²) in [6.45, 7) is 1.12. The molecule has 0 aromatic heterocycles. The number of halogens is 1. The Bertz CT molecular complexity index is 516. The molecule has 7 heteroatoms. The molecule has 1 rings (SSSR count). The molecule has 5 nitrogen and oxygen atoms in total. The minimum absolute atomic E-state index is 0.0413. The molecule has 0 fully saturated rings. The normalized spacial score (nSPS) is 11.7. The topological polar surface area (TPSA) is 80.5 Å². The van der Waals surface area contributed by atoms with Gasteiger partial charge < -0.3 is 5.73 Å². The fourth-order valence-corrected chi connectivity index (χ4v) is 2.81. The molecule has 1 aromatic rings.